The second-order valence-electron chi connectivity index (χ2n) is 3.49. The number of rotatable bonds is 2. The molecule has 1 aromatic carbocycles. The summed E-state index contributed by atoms with van der Waals surface area (Å²) in [6, 6.07) is 4.83. The Labute approximate surface area is 101 Å². The number of nitro benzene ring substituents is 1. The van der Waals surface area contributed by atoms with Gasteiger partial charge in [0.15, 0.2) is 0 Å². The first kappa shape index (κ1) is 11.3. The van der Waals surface area contributed by atoms with Gasteiger partial charge in [0.2, 0.25) is 0 Å². The summed E-state index contributed by atoms with van der Waals surface area (Å²) in [5, 5.41) is 10.6. The van der Waals surface area contributed by atoms with Crippen LogP contribution >= 0.6 is 15.9 Å². The highest BCUT2D eigenvalue weighted by atomic mass is 79.9. The van der Waals surface area contributed by atoms with E-state index in [4.69, 9.17) is 4.74 Å². The molecule has 16 heavy (non-hydrogen) atoms. The lowest BCUT2D eigenvalue weighted by atomic mass is 10.2. The van der Waals surface area contributed by atoms with E-state index < -0.39 is 4.92 Å². The molecule has 1 aliphatic rings. The van der Waals surface area contributed by atoms with E-state index in [1.54, 1.807) is 6.07 Å². The number of hydrogen-bond acceptors (Lipinski definition) is 4. The van der Waals surface area contributed by atoms with Gasteiger partial charge in [-0.1, -0.05) is 0 Å². The van der Waals surface area contributed by atoms with Crippen LogP contribution in [-0.4, -0.2) is 31.2 Å². The van der Waals surface area contributed by atoms with Crippen LogP contribution in [0.15, 0.2) is 22.7 Å². The lowest BCUT2D eigenvalue weighted by Gasteiger charge is -2.29. The topological polar surface area (TPSA) is 55.6 Å². The molecule has 0 bridgehead atoms. The fraction of sp³-hybridized carbons (Fsp3) is 0.400. The van der Waals surface area contributed by atoms with Gasteiger partial charge in [0.05, 0.1) is 23.8 Å². The zero-order valence-corrected chi connectivity index (χ0v) is 10.1. The van der Waals surface area contributed by atoms with Gasteiger partial charge in [0.1, 0.15) is 0 Å². The maximum Gasteiger partial charge on any atom is 0.270 e. The fourth-order valence-electron chi connectivity index (χ4n) is 1.67. The van der Waals surface area contributed by atoms with Crippen LogP contribution in [0.5, 0.6) is 0 Å². The summed E-state index contributed by atoms with van der Waals surface area (Å²) < 4.78 is 6.01. The number of anilines is 1. The molecule has 0 amide bonds. The number of nitro groups is 1. The van der Waals surface area contributed by atoms with E-state index in [1.165, 1.54) is 12.1 Å². The molecule has 0 aromatic heterocycles. The molecule has 1 aromatic rings. The Bertz CT molecular complexity index is 405. The highest BCUT2D eigenvalue weighted by Gasteiger charge is 2.16. The molecule has 86 valence electrons. The number of non-ortho nitro benzene ring substituents is 1. The zero-order valence-electron chi connectivity index (χ0n) is 8.56. The average molecular weight is 287 g/mol. The third-order valence-electron chi connectivity index (χ3n) is 2.49. The van der Waals surface area contributed by atoms with Gasteiger partial charge in [-0.25, -0.2) is 0 Å². The van der Waals surface area contributed by atoms with Crippen LogP contribution < -0.4 is 4.90 Å². The summed E-state index contributed by atoms with van der Waals surface area (Å²) in [5.41, 5.74) is 1.08. The van der Waals surface area contributed by atoms with E-state index in [2.05, 4.69) is 20.8 Å². The summed E-state index contributed by atoms with van der Waals surface area (Å²) in [7, 11) is 0. The standard InChI is InChI=1S/C10H11BrN2O3/c11-9-7-8(13(14)15)1-2-10(9)12-3-5-16-6-4-12/h1-2,7H,3-6H2. The maximum atomic E-state index is 10.6. The highest BCUT2D eigenvalue weighted by Crippen LogP contribution is 2.30. The third-order valence-corrected chi connectivity index (χ3v) is 3.13. The molecule has 0 atom stereocenters. The summed E-state index contributed by atoms with van der Waals surface area (Å²) >= 11 is 3.36. The lowest BCUT2D eigenvalue weighted by molar-refractivity contribution is -0.384. The molecule has 0 aliphatic carbocycles. The van der Waals surface area contributed by atoms with Crippen LogP contribution in [0, 0.1) is 10.1 Å². The van der Waals surface area contributed by atoms with Crippen molar-refractivity contribution in [1.82, 2.24) is 0 Å². The summed E-state index contributed by atoms with van der Waals surface area (Å²) in [5.74, 6) is 0. The Kier molecular flexibility index (Phi) is 3.40. The van der Waals surface area contributed by atoms with Crippen LogP contribution in [0.2, 0.25) is 0 Å². The normalized spacial score (nSPS) is 16.2. The van der Waals surface area contributed by atoms with E-state index in [0.29, 0.717) is 13.2 Å². The molecule has 0 saturated carbocycles. The first-order valence-electron chi connectivity index (χ1n) is 4.95. The van der Waals surface area contributed by atoms with Crippen molar-refractivity contribution in [2.24, 2.45) is 0 Å². The van der Waals surface area contributed by atoms with E-state index in [0.717, 1.165) is 23.2 Å². The number of halogens is 1. The van der Waals surface area contributed by atoms with Crippen LogP contribution in [-0.2, 0) is 4.74 Å². The van der Waals surface area contributed by atoms with Gasteiger partial charge in [-0.15, -0.1) is 0 Å². The van der Waals surface area contributed by atoms with E-state index in [-0.39, 0.29) is 5.69 Å². The van der Waals surface area contributed by atoms with Crippen molar-refractivity contribution in [3.8, 4) is 0 Å². The highest BCUT2D eigenvalue weighted by molar-refractivity contribution is 9.10. The number of benzene rings is 1. The van der Waals surface area contributed by atoms with Gasteiger partial charge in [0, 0.05) is 29.7 Å². The molecule has 2 rings (SSSR count). The fourth-order valence-corrected chi connectivity index (χ4v) is 2.29. The lowest BCUT2D eigenvalue weighted by Crippen LogP contribution is -2.36. The van der Waals surface area contributed by atoms with Crippen LogP contribution in [0.1, 0.15) is 0 Å². The van der Waals surface area contributed by atoms with Gasteiger partial charge >= 0.3 is 0 Å². The molecule has 1 aliphatic heterocycles. The Morgan fingerprint density at radius 1 is 1.38 bits per heavy atom. The second-order valence-corrected chi connectivity index (χ2v) is 4.35. The average Bonchev–Trinajstić information content (AvgIpc) is 2.30. The van der Waals surface area contributed by atoms with E-state index in [9.17, 15) is 10.1 Å². The molecule has 0 N–H and O–H groups in total. The molecule has 0 unspecified atom stereocenters. The maximum absolute atomic E-state index is 10.6. The van der Waals surface area contributed by atoms with Crippen molar-refractivity contribution in [2.45, 2.75) is 0 Å². The van der Waals surface area contributed by atoms with Gasteiger partial charge in [-0.2, -0.15) is 0 Å². The molecule has 0 radical (unpaired) electrons. The molecular formula is C10H11BrN2O3. The molecular weight excluding hydrogens is 276 g/mol. The first-order valence-corrected chi connectivity index (χ1v) is 5.74. The molecule has 5 nitrogen and oxygen atoms in total. The largest absolute Gasteiger partial charge is 0.378 e. The quantitative estimate of drug-likeness (QED) is 0.618. The number of nitrogens with zero attached hydrogens (tertiary/aromatic N) is 2. The predicted octanol–water partition coefficient (Wildman–Crippen LogP) is 2.19. The van der Waals surface area contributed by atoms with Crippen molar-refractivity contribution in [3.05, 3.63) is 32.8 Å². The molecule has 1 heterocycles. The second kappa shape index (κ2) is 4.80. The predicted molar refractivity (Wildman–Crippen MR) is 63.8 cm³/mol. The summed E-state index contributed by atoms with van der Waals surface area (Å²) in [6.07, 6.45) is 0. The van der Waals surface area contributed by atoms with Crippen LogP contribution in [0.4, 0.5) is 11.4 Å². The van der Waals surface area contributed by atoms with E-state index in [1.807, 2.05) is 0 Å². The Morgan fingerprint density at radius 2 is 2.06 bits per heavy atom. The van der Waals surface area contributed by atoms with Crippen molar-refractivity contribution in [1.29, 1.82) is 0 Å². The van der Waals surface area contributed by atoms with Crippen LogP contribution in [0.25, 0.3) is 0 Å². The Morgan fingerprint density at radius 3 is 2.62 bits per heavy atom. The van der Waals surface area contributed by atoms with Crippen molar-refractivity contribution >= 4 is 27.3 Å². The summed E-state index contributed by atoms with van der Waals surface area (Å²) in [6.45, 7) is 3.03. The Balaban J connectivity index is 2.24. The molecule has 6 heteroatoms. The SMILES string of the molecule is O=[N+]([O-])c1ccc(N2CCOCC2)c(Br)c1. The zero-order chi connectivity index (χ0) is 11.5. The number of ether oxygens (including phenoxy) is 1. The van der Waals surface area contributed by atoms with Crippen molar-refractivity contribution in [3.63, 3.8) is 0 Å². The van der Waals surface area contributed by atoms with Gasteiger partial charge in [0.25, 0.3) is 5.69 Å². The monoisotopic (exact) mass is 286 g/mol. The van der Waals surface area contributed by atoms with Gasteiger partial charge < -0.3 is 9.64 Å². The summed E-state index contributed by atoms with van der Waals surface area (Å²) in [4.78, 5) is 12.3. The molecule has 1 fully saturated rings. The first-order chi connectivity index (χ1) is 7.68. The van der Waals surface area contributed by atoms with Gasteiger partial charge in [-0.05, 0) is 22.0 Å². The molecule has 0 spiro atoms. The minimum Gasteiger partial charge on any atom is -0.378 e. The van der Waals surface area contributed by atoms with Gasteiger partial charge in [-0.3, -0.25) is 10.1 Å². The Hall–Kier alpha value is -1.14. The van der Waals surface area contributed by atoms with E-state index >= 15 is 0 Å². The van der Waals surface area contributed by atoms with Crippen molar-refractivity contribution in [2.75, 3.05) is 31.2 Å². The number of morpholine rings is 1. The van der Waals surface area contributed by atoms with Crippen molar-refractivity contribution < 1.29 is 9.66 Å². The minimum absolute atomic E-state index is 0.101. The molecule has 1 saturated heterocycles. The minimum atomic E-state index is -0.395. The smallest absolute Gasteiger partial charge is 0.270 e. The number of hydrogen-bond donors (Lipinski definition) is 0. The third kappa shape index (κ3) is 2.33. The van der Waals surface area contributed by atoms with Crippen LogP contribution in [0.3, 0.4) is 0 Å².